The predicted molar refractivity (Wildman–Crippen MR) is 107 cm³/mol. The zero-order valence-corrected chi connectivity index (χ0v) is 16.4. The molecule has 0 radical (unpaired) electrons. The highest BCUT2D eigenvalue weighted by Gasteiger charge is 2.18. The Morgan fingerprint density at radius 3 is 2.78 bits per heavy atom. The Morgan fingerprint density at radius 2 is 2.04 bits per heavy atom. The van der Waals surface area contributed by atoms with Gasteiger partial charge in [-0.1, -0.05) is 51.5 Å². The van der Waals surface area contributed by atoms with Crippen molar-refractivity contribution in [1.29, 1.82) is 0 Å². The Kier molecular flexibility index (Phi) is 6.08. The van der Waals surface area contributed by atoms with Crippen LogP contribution in [0.3, 0.4) is 0 Å². The number of carbonyl (C=O) groups excluding carboxylic acids is 1. The van der Waals surface area contributed by atoms with Crippen molar-refractivity contribution in [1.82, 2.24) is 20.3 Å². The Morgan fingerprint density at radius 1 is 1.26 bits per heavy atom. The molecule has 27 heavy (non-hydrogen) atoms. The molecular weight excluding hydrogens is 410 g/mol. The van der Waals surface area contributed by atoms with Gasteiger partial charge in [-0.2, -0.15) is 0 Å². The summed E-state index contributed by atoms with van der Waals surface area (Å²) in [5.74, 6) is 0.590. The summed E-state index contributed by atoms with van der Waals surface area (Å²) >= 11 is 3.44. The fourth-order valence-corrected chi connectivity index (χ4v) is 3.09. The predicted octanol–water partition coefficient (Wildman–Crippen LogP) is 2.65. The molecule has 8 heteroatoms. The lowest BCUT2D eigenvalue weighted by atomic mass is 10.1. The number of amides is 1. The number of benzene rings is 2. The third-order valence-electron chi connectivity index (χ3n) is 4.09. The first kappa shape index (κ1) is 18.9. The second-order valence-corrected chi connectivity index (χ2v) is 6.84. The Labute approximate surface area is 165 Å². The summed E-state index contributed by atoms with van der Waals surface area (Å²) in [4.78, 5) is 12.4. The lowest BCUT2D eigenvalue weighted by Gasteiger charge is -2.10. The summed E-state index contributed by atoms with van der Waals surface area (Å²) in [6.45, 7) is 0.841. The number of halogens is 1. The Balaban J connectivity index is 1.66. The third-order valence-corrected chi connectivity index (χ3v) is 4.59. The average molecular weight is 430 g/mol. The smallest absolute Gasteiger partial charge is 0.275 e. The highest BCUT2D eigenvalue weighted by atomic mass is 79.9. The summed E-state index contributed by atoms with van der Waals surface area (Å²) in [6.07, 6.45) is 0.732. The highest BCUT2D eigenvalue weighted by Crippen LogP contribution is 2.24. The van der Waals surface area contributed by atoms with Crippen LogP contribution < -0.4 is 15.8 Å². The molecule has 0 saturated carbocycles. The van der Waals surface area contributed by atoms with E-state index in [1.54, 1.807) is 7.11 Å². The number of rotatable bonds is 7. The molecule has 3 aromatic rings. The van der Waals surface area contributed by atoms with Gasteiger partial charge in [-0.25, -0.2) is 4.68 Å². The Bertz CT molecular complexity index is 927. The first-order chi connectivity index (χ1) is 13.1. The van der Waals surface area contributed by atoms with E-state index in [2.05, 4.69) is 31.6 Å². The lowest BCUT2D eigenvalue weighted by molar-refractivity contribution is 0.0950. The van der Waals surface area contributed by atoms with Gasteiger partial charge < -0.3 is 15.8 Å². The zero-order valence-electron chi connectivity index (χ0n) is 14.9. The minimum absolute atomic E-state index is 0.122. The molecule has 140 valence electrons. The van der Waals surface area contributed by atoms with Gasteiger partial charge in [-0.05, 0) is 30.2 Å². The van der Waals surface area contributed by atoms with E-state index in [-0.39, 0.29) is 17.4 Å². The number of methoxy groups -OCH3 is 1. The summed E-state index contributed by atoms with van der Waals surface area (Å²) in [5.41, 5.74) is 8.24. The van der Waals surface area contributed by atoms with Crippen LogP contribution in [0, 0.1) is 0 Å². The summed E-state index contributed by atoms with van der Waals surface area (Å²) in [5, 5.41) is 10.8. The molecule has 3 N–H and O–H groups in total. The van der Waals surface area contributed by atoms with E-state index in [9.17, 15) is 4.79 Å². The number of hydrogen-bond acceptors (Lipinski definition) is 5. The van der Waals surface area contributed by atoms with Crippen LogP contribution in [0.15, 0.2) is 53.0 Å². The van der Waals surface area contributed by atoms with Crippen LogP contribution >= 0.6 is 15.9 Å². The average Bonchev–Trinajstić information content (AvgIpc) is 3.03. The molecule has 1 heterocycles. The van der Waals surface area contributed by atoms with Crippen LogP contribution in [0.4, 0.5) is 5.82 Å². The van der Waals surface area contributed by atoms with E-state index in [0.29, 0.717) is 18.8 Å². The fourth-order valence-electron chi connectivity index (χ4n) is 2.68. The van der Waals surface area contributed by atoms with Crippen molar-refractivity contribution >= 4 is 27.7 Å². The van der Waals surface area contributed by atoms with Gasteiger partial charge in [0.05, 0.1) is 13.7 Å². The number of nitrogens with zero attached hydrogens (tertiary/aromatic N) is 3. The van der Waals surface area contributed by atoms with Gasteiger partial charge in [-0.3, -0.25) is 4.79 Å². The maximum Gasteiger partial charge on any atom is 0.275 e. The van der Waals surface area contributed by atoms with Crippen LogP contribution in [0.1, 0.15) is 21.6 Å². The van der Waals surface area contributed by atoms with Crippen molar-refractivity contribution in [2.24, 2.45) is 0 Å². The van der Waals surface area contributed by atoms with Gasteiger partial charge in [0.2, 0.25) is 0 Å². The van der Waals surface area contributed by atoms with Gasteiger partial charge in [0, 0.05) is 16.6 Å². The number of nitrogen functional groups attached to an aromatic ring is 1. The number of aromatic nitrogens is 3. The number of nitrogens with one attached hydrogen (secondary N) is 1. The molecule has 2 aromatic carbocycles. The van der Waals surface area contributed by atoms with Crippen molar-refractivity contribution in [3.05, 3.63) is 69.8 Å². The van der Waals surface area contributed by atoms with Crippen molar-refractivity contribution < 1.29 is 9.53 Å². The van der Waals surface area contributed by atoms with Gasteiger partial charge in [0.25, 0.3) is 5.91 Å². The van der Waals surface area contributed by atoms with Crippen LogP contribution in [-0.2, 0) is 13.0 Å². The topological polar surface area (TPSA) is 95.1 Å². The maximum atomic E-state index is 12.4. The standard InChI is InChI=1S/C19H20BrN5O2/c1-27-16-8-7-15(20)11-14(16)12-25-18(21)17(23-24-25)19(26)22-10-9-13-5-3-2-4-6-13/h2-8,11H,9-10,12,21H2,1H3,(H,22,26). The second-order valence-electron chi connectivity index (χ2n) is 5.93. The molecule has 3 rings (SSSR count). The number of ether oxygens (including phenoxy) is 1. The van der Waals surface area contributed by atoms with Gasteiger partial charge in [-0.15, -0.1) is 5.10 Å². The summed E-state index contributed by atoms with van der Waals surface area (Å²) < 4.78 is 7.75. The monoisotopic (exact) mass is 429 g/mol. The molecule has 0 aliphatic carbocycles. The molecule has 0 aliphatic heterocycles. The maximum absolute atomic E-state index is 12.4. The van der Waals surface area contributed by atoms with Crippen LogP contribution in [0.5, 0.6) is 5.75 Å². The minimum atomic E-state index is -0.337. The first-order valence-electron chi connectivity index (χ1n) is 8.42. The van der Waals surface area contributed by atoms with Gasteiger partial charge in [0.15, 0.2) is 11.5 Å². The van der Waals surface area contributed by atoms with E-state index in [0.717, 1.165) is 22.0 Å². The molecule has 0 spiro atoms. The molecule has 0 bridgehead atoms. The normalized spacial score (nSPS) is 10.6. The van der Waals surface area contributed by atoms with E-state index in [1.807, 2.05) is 48.5 Å². The number of carbonyl (C=O) groups is 1. The minimum Gasteiger partial charge on any atom is -0.496 e. The van der Waals surface area contributed by atoms with Crippen molar-refractivity contribution in [3.8, 4) is 5.75 Å². The van der Waals surface area contributed by atoms with Gasteiger partial charge >= 0.3 is 0 Å². The van der Waals surface area contributed by atoms with Crippen molar-refractivity contribution in [2.45, 2.75) is 13.0 Å². The van der Waals surface area contributed by atoms with E-state index >= 15 is 0 Å². The molecule has 0 unspecified atom stereocenters. The fraction of sp³-hybridized carbons (Fsp3) is 0.211. The number of hydrogen-bond donors (Lipinski definition) is 2. The van der Waals surface area contributed by atoms with Crippen molar-refractivity contribution in [3.63, 3.8) is 0 Å². The molecule has 1 amide bonds. The third kappa shape index (κ3) is 4.65. The highest BCUT2D eigenvalue weighted by molar-refractivity contribution is 9.10. The summed E-state index contributed by atoms with van der Waals surface area (Å²) in [6, 6.07) is 15.6. The Hall–Kier alpha value is -2.87. The van der Waals surface area contributed by atoms with Crippen LogP contribution in [-0.4, -0.2) is 34.6 Å². The largest absolute Gasteiger partial charge is 0.496 e. The van der Waals surface area contributed by atoms with E-state index in [4.69, 9.17) is 10.5 Å². The quantitative estimate of drug-likeness (QED) is 0.601. The van der Waals surface area contributed by atoms with E-state index in [1.165, 1.54) is 4.68 Å². The van der Waals surface area contributed by atoms with E-state index < -0.39 is 0 Å². The second kappa shape index (κ2) is 8.68. The molecule has 0 saturated heterocycles. The zero-order chi connectivity index (χ0) is 19.2. The van der Waals surface area contributed by atoms with Crippen LogP contribution in [0.25, 0.3) is 0 Å². The molecule has 1 aromatic heterocycles. The van der Waals surface area contributed by atoms with Crippen molar-refractivity contribution in [2.75, 3.05) is 19.4 Å². The molecule has 0 atom stereocenters. The molecule has 7 nitrogen and oxygen atoms in total. The summed E-state index contributed by atoms with van der Waals surface area (Å²) in [7, 11) is 1.60. The molecular formula is C19H20BrN5O2. The SMILES string of the molecule is COc1ccc(Br)cc1Cn1nnc(C(=O)NCCc2ccccc2)c1N. The number of anilines is 1. The lowest BCUT2D eigenvalue weighted by Crippen LogP contribution is -2.27. The molecule has 0 aliphatic rings. The van der Waals surface area contributed by atoms with Gasteiger partial charge in [0.1, 0.15) is 5.75 Å². The number of nitrogens with two attached hydrogens (primary N) is 1. The first-order valence-corrected chi connectivity index (χ1v) is 9.21. The van der Waals surface area contributed by atoms with Crippen LogP contribution in [0.2, 0.25) is 0 Å². The molecule has 0 fully saturated rings.